The summed E-state index contributed by atoms with van der Waals surface area (Å²) < 4.78 is 15.5. The van der Waals surface area contributed by atoms with E-state index >= 15 is 0 Å². The molecule has 0 radical (unpaired) electrons. The zero-order chi connectivity index (χ0) is 23.8. The maximum atomic E-state index is 13.7. The third-order valence-electron chi connectivity index (χ3n) is 6.35. The van der Waals surface area contributed by atoms with Crippen molar-refractivity contribution in [3.05, 3.63) is 47.3 Å². The lowest BCUT2D eigenvalue weighted by atomic mass is 9.85. The number of carbonyl (C=O) groups is 2. The molecule has 1 aliphatic rings. The average molecular weight is 479 g/mol. The molecule has 0 spiro atoms. The van der Waals surface area contributed by atoms with Crippen LogP contribution < -0.4 is 5.32 Å². The molecule has 0 unspecified atom stereocenters. The van der Waals surface area contributed by atoms with Crippen molar-refractivity contribution >= 4 is 51.3 Å². The van der Waals surface area contributed by atoms with E-state index in [9.17, 15) is 9.59 Å². The Hall–Kier alpha value is -3.37. The lowest BCUT2D eigenvalue weighted by molar-refractivity contribution is -0.119. The van der Waals surface area contributed by atoms with Crippen LogP contribution in [0.2, 0.25) is 0 Å². The predicted molar refractivity (Wildman–Crippen MR) is 131 cm³/mol. The highest BCUT2D eigenvalue weighted by atomic mass is 32.1. The van der Waals surface area contributed by atoms with Crippen LogP contribution in [-0.4, -0.2) is 55.8 Å². The summed E-state index contributed by atoms with van der Waals surface area (Å²) in [4.78, 5) is 32.4. The first-order valence-corrected chi connectivity index (χ1v) is 11.9. The first-order chi connectivity index (χ1) is 16.4. The zero-order valence-corrected chi connectivity index (χ0v) is 20.2. The lowest BCUT2D eigenvalue weighted by Crippen LogP contribution is -2.27. The van der Waals surface area contributed by atoms with Gasteiger partial charge in [-0.25, -0.2) is 4.98 Å². The van der Waals surface area contributed by atoms with Crippen molar-refractivity contribution in [2.45, 2.75) is 31.7 Å². The lowest BCUT2D eigenvalue weighted by Gasteiger charge is -2.24. The molecule has 1 aliphatic carbocycles. The standard InChI is InChI=1S/C24H26N6O3S/c1-29(12-14-7-8-18-19(9-14)28-34-27-18)24(32)17-10-16(25-21(31)13-33-3)11-20-22(17)30(2)23(26-20)15-5-4-6-15/h7-11,15H,4-6,12-13H2,1-3H3,(H,25,31). The molecule has 0 aliphatic heterocycles. The van der Waals surface area contributed by atoms with Gasteiger partial charge in [-0.2, -0.15) is 8.75 Å². The number of anilines is 1. The van der Waals surface area contributed by atoms with Crippen LogP contribution >= 0.6 is 11.7 Å². The van der Waals surface area contributed by atoms with Crippen molar-refractivity contribution in [3.8, 4) is 0 Å². The van der Waals surface area contributed by atoms with E-state index in [0.29, 0.717) is 29.2 Å². The Bertz CT molecular complexity index is 1390. The number of fused-ring (bicyclic) bond motifs is 2. The van der Waals surface area contributed by atoms with Crippen molar-refractivity contribution in [3.63, 3.8) is 0 Å². The minimum absolute atomic E-state index is 0.0648. The van der Waals surface area contributed by atoms with Crippen LogP contribution in [0.25, 0.3) is 22.1 Å². The fraction of sp³-hybridized carbons (Fsp3) is 0.375. The molecule has 9 nitrogen and oxygen atoms in total. The number of nitrogens with zero attached hydrogens (tertiary/aromatic N) is 5. The van der Waals surface area contributed by atoms with Gasteiger partial charge in [-0.15, -0.1) is 0 Å². The van der Waals surface area contributed by atoms with E-state index < -0.39 is 0 Å². The van der Waals surface area contributed by atoms with Crippen LogP contribution in [0.1, 0.15) is 46.9 Å². The van der Waals surface area contributed by atoms with Crippen molar-refractivity contribution in [1.29, 1.82) is 0 Å². The first-order valence-electron chi connectivity index (χ1n) is 11.2. The monoisotopic (exact) mass is 478 g/mol. The molecule has 0 bridgehead atoms. The van der Waals surface area contributed by atoms with E-state index in [4.69, 9.17) is 9.72 Å². The number of hydrogen-bond acceptors (Lipinski definition) is 7. The van der Waals surface area contributed by atoms with Gasteiger partial charge in [0.25, 0.3) is 5.91 Å². The van der Waals surface area contributed by atoms with Crippen LogP contribution in [0, 0.1) is 0 Å². The minimum atomic E-state index is -0.283. The number of ether oxygens (including phenoxy) is 1. The number of hydrogen-bond donors (Lipinski definition) is 1. The Morgan fingerprint density at radius 2 is 1.97 bits per heavy atom. The Kier molecular flexibility index (Phi) is 6.01. The van der Waals surface area contributed by atoms with Gasteiger partial charge in [-0.1, -0.05) is 12.5 Å². The summed E-state index contributed by atoms with van der Waals surface area (Å²) in [7, 11) is 5.21. The smallest absolute Gasteiger partial charge is 0.256 e. The van der Waals surface area contributed by atoms with Gasteiger partial charge in [0.15, 0.2) is 0 Å². The second-order valence-corrected chi connectivity index (χ2v) is 9.31. The Balaban J connectivity index is 1.51. The molecule has 0 atom stereocenters. The summed E-state index contributed by atoms with van der Waals surface area (Å²) in [5.41, 5.74) is 5.16. The van der Waals surface area contributed by atoms with Gasteiger partial charge >= 0.3 is 0 Å². The number of rotatable bonds is 7. The molecular formula is C24H26N6O3S. The summed E-state index contributed by atoms with van der Waals surface area (Å²) in [5.74, 6) is 0.962. The number of nitrogens with one attached hydrogen (secondary N) is 1. The summed E-state index contributed by atoms with van der Waals surface area (Å²) in [5, 5.41) is 2.82. The topological polar surface area (TPSA) is 102 Å². The molecule has 1 saturated carbocycles. The van der Waals surface area contributed by atoms with Gasteiger partial charge < -0.3 is 19.5 Å². The number of methoxy groups -OCH3 is 1. The average Bonchev–Trinajstić information content (AvgIpc) is 3.36. The third kappa shape index (κ3) is 4.14. The highest BCUT2D eigenvalue weighted by molar-refractivity contribution is 7.00. The zero-order valence-electron chi connectivity index (χ0n) is 19.4. The summed E-state index contributed by atoms with van der Waals surface area (Å²) in [6, 6.07) is 9.39. The molecule has 10 heteroatoms. The quantitative estimate of drug-likeness (QED) is 0.435. The van der Waals surface area contributed by atoms with Gasteiger partial charge in [0.05, 0.1) is 28.3 Å². The van der Waals surface area contributed by atoms with E-state index in [-0.39, 0.29) is 18.4 Å². The first kappa shape index (κ1) is 22.4. The highest BCUT2D eigenvalue weighted by Crippen LogP contribution is 2.38. The second-order valence-electron chi connectivity index (χ2n) is 8.78. The van der Waals surface area contributed by atoms with E-state index in [2.05, 4.69) is 14.1 Å². The molecule has 34 heavy (non-hydrogen) atoms. The number of amides is 2. The number of aryl methyl sites for hydroxylation is 1. The van der Waals surface area contributed by atoms with Gasteiger partial charge in [-0.05, 0) is 42.7 Å². The summed E-state index contributed by atoms with van der Waals surface area (Å²) >= 11 is 1.17. The van der Waals surface area contributed by atoms with E-state index in [1.54, 1.807) is 18.0 Å². The van der Waals surface area contributed by atoms with Gasteiger partial charge in [0.1, 0.15) is 23.5 Å². The molecule has 0 saturated heterocycles. The van der Waals surface area contributed by atoms with Gasteiger partial charge in [0.2, 0.25) is 5.91 Å². The Morgan fingerprint density at radius 1 is 1.18 bits per heavy atom. The van der Waals surface area contributed by atoms with Crippen LogP contribution in [0.15, 0.2) is 30.3 Å². The van der Waals surface area contributed by atoms with Crippen molar-refractivity contribution in [2.24, 2.45) is 7.05 Å². The Morgan fingerprint density at radius 3 is 2.71 bits per heavy atom. The fourth-order valence-electron chi connectivity index (χ4n) is 4.44. The number of aromatic nitrogens is 4. The fourth-order valence-corrected chi connectivity index (χ4v) is 4.96. The SMILES string of the molecule is COCC(=O)Nc1cc(C(=O)N(C)Cc2ccc3nsnc3c2)c2c(c1)nc(C1CCC1)n2C. The number of imidazole rings is 1. The molecule has 4 aromatic rings. The van der Waals surface area contributed by atoms with Crippen LogP contribution in [0.4, 0.5) is 5.69 Å². The minimum Gasteiger partial charge on any atom is -0.375 e. The highest BCUT2D eigenvalue weighted by Gasteiger charge is 2.27. The molecule has 1 N–H and O–H groups in total. The van der Waals surface area contributed by atoms with Crippen LogP contribution in [0.5, 0.6) is 0 Å². The van der Waals surface area contributed by atoms with Crippen molar-refractivity contribution in [1.82, 2.24) is 23.2 Å². The molecule has 5 rings (SSSR count). The molecular weight excluding hydrogens is 452 g/mol. The van der Waals surface area contributed by atoms with Gasteiger partial charge in [-0.3, -0.25) is 9.59 Å². The molecule has 2 heterocycles. The number of carbonyl (C=O) groups excluding carboxylic acids is 2. The normalized spacial score (nSPS) is 13.9. The molecule has 2 amide bonds. The molecule has 1 fully saturated rings. The van der Waals surface area contributed by atoms with Crippen molar-refractivity contribution < 1.29 is 14.3 Å². The maximum absolute atomic E-state index is 13.7. The molecule has 2 aromatic heterocycles. The molecule has 2 aromatic carbocycles. The van der Waals surface area contributed by atoms with E-state index in [1.165, 1.54) is 25.3 Å². The largest absolute Gasteiger partial charge is 0.375 e. The van der Waals surface area contributed by atoms with Crippen LogP contribution in [0.3, 0.4) is 0 Å². The summed E-state index contributed by atoms with van der Waals surface area (Å²) in [6.07, 6.45) is 3.40. The van der Waals surface area contributed by atoms with Crippen molar-refractivity contribution in [2.75, 3.05) is 26.1 Å². The second kappa shape index (κ2) is 9.11. The summed E-state index contributed by atoms with van der Waals surface area (Å²) in [6.45, 7) is 0.353. The van der Waals surface area contributed by atoms with E-state index in [0.717, 1.165) is 40.8 Å². The third-order valence-corrected chi connectivity index (χ3v) is 6.91. The predicted octanol–water partition coefficient (Wildman–Crippen LogP) is 3.70. The Labute approximate surface area is 201 Å². The maximum Gasteiger partial charge on any atom is 0.256 e. The number of benzene rings is 2. The van der Waals surface area contributed by atoms with E-state index in [1.807, 2.05) is 35.9 Å². The molecule has 176 valence electrons. The van der Waals surface area contributed by atoms with Crippen LogP contribution in [-0.2, 0) is 23.1 Å². The van der Waals surface area contributed by atoms with Gasteiger partial charge in [0, 0.05) is 39.4 Å².